The van der Waals surface area contributed by atoms with Crippen LogP contribution in [0.2, 0.25) is 0 Å². The highest BCUT2D eigenvalue weighted by atomic mass is 32.1. The summed E-state index contributed by atoms with van der Waals surface area (Å²) in [6.07, 6.45) is 2.58. The Morgan fingerprint density at radius 3 is 2.59 bits per heavy atom. The number of anilines is 1. The molecule has 0 spiro atoms. The Labute approximate surface area is 172 Å². The minimum Gasteiger partial charge on any atom is -0.462 e. The molecule has 0 fully saturated rings. The molecule has 8 heteroatoms. The molecule has 0 bridgehead atoms. The molecule has 0 unspecified atom stereocenters. The van der Waals surface area contributed by atoms with Gasteiger partial charge in [-0.25, -0.2) is 14.0 Å². The summed E-state index contributed by atoms with van der Waals surface area (Å²) in [6.45, 7) is 3.60. The van der Waals surface area contributed by atoms with E-state index in [1.807, 2.05) is 0 Å². The van der Waals surface area contributed by atoms with Crippen molar-refractivity contribution in [2.45, 2.75) is 33.1 Å². The predicted octanol–water partition coefficient (Wildman–Crippen LogP) is 3.98. The van der Waals surface area contributed by atoms with Crippen molar-refractivity contribution < 1.29 is 28.2 Å². The van der Waals surface area contributed by atoms with Gasteiger partial charge >= 0.3 is 11.9 Å². The molecule has 1 heterocycles. The fourth-order valence-electron chi connectivity index (χ4n) is 3.22. The van der Waals surface area contributed by atoms with Crippen LogP contribution in [-0.4, -0.2) is 31.1 Å². The summed E-state index contributed by atoms with van der Waals surface area (Å²) in [7, 11) is 0. The monoisotopic (exact) mass is 419 g/mol. The van der Waals surface area contributed by atoms with Gasteiger partial charge in [-0.05, 0) is 61.9 Å². The third-order valence-electron chi connectivity index (χ3n) is 4.66. The first-order chi connectivity index (χ1) is 13.9. The lowest BCUT2D eigenvalue weighted by molar-refractivity contribution is -0.119. The summed E-state index contributed by atoms with van der Waals surface area (Å²) in [5, 5.41) is 3.10. The molecule has 2 aromatic rings. The van der Waals surface area contributed by atoms with Gasteiger partial charge < -0.3 is 14.8 Å². The molecule has 154 valence electrons. The van der Waals surface area contributed by atoms with Gasteiger partial charge in [0.15, 0.2) is 6.61 Å². The highest BCUT2D eigenvalue weighted by molar-refractivity contribution is 7.17. The molecule has 1 aromatic carbocycles. The zero-order chi connectivity index (χ0) is 21.0. The molecule has 1 atom stereocenters. The summed E-state index contributed by atoms with van der Waals surface area (Å²) in [4.78, 5) is 37.8. The van der Waals surface area contributed by atoms with Gasteiger partial charge in [0.25, 0.3) is 5.91 Å². The van der Waals surface area contributed by atoms with E-state index in [0.29, 0.717) is 16.5 Å². The standard InChI is InChI=1S/C21H22FNO5S/c1-3-27-21(26)18-15-9-4-12(2)10-16(15)29-19(18)23-17(24)11-28-20(25)13-5-7-14(22)8-6-13/h5-8,12H,3-4,9-11H2,1-2H3,(H,23,24)/t12-/m0/s1. The molecule has 0 saturated carbocycles. The van der Waals surface area contributed by atoms with E-state index in [0.717, 1.165) is 41.8 Å². The molecular weight excluding hydrogens is 397 g/mol. The van der Waals surface area contributed by atoms with E-state index >= 15 is 0 Å². The van der Waals surface area contributed by atoms with Crippen molar-refractivity contribution in [2.24, 2.45) is 5.92 Å². The lowest BCUT2D eigenvalue weighted by atomic mass is 9.88. The quantitative estimate of drug-likeness (QED) is 0.716. The second kappa shape index (κ2) is 9.17. The normalized spacial score (nSPS) is 15.3. The highest BCUT2D eigenvalue weighted by Gasteiger charge is 2.29. The molecule has 1 amide bonds. The highest BCUT2D eigenvalue weighted by Crippen LogP contribution is 2.40. The lowest BCUT2D eigenvalue weighted by Gasteiger charge is -2.18. The second-order valence-electron chi connectivity index (χ2n) is 6.91. The predicted molar refractivity (Wildman–Crippen MR) is 107 cm³/mol. The summed E-state index contributed by atoms with van der Waals surface area (Å²) < 4.78 is 23.1. The SMILES string of the molecule is CCOC(=O)c1c(NC(=O)COC(=O)c2ccc(F)cc2)sc2c1CC[C@H](C)C2. The van der Waals surface area contributed by atoms with Crippen LogP contribution in [0, 0.1) is 11.7 Å². The summed E-state index contributed by atoms with van der Waals surface area (Å²) in [5.74, 6) is -1.71. The summed E-state index contributed by atoms with van der Waals surface area (Å²) in [5.41, 5.74) is 1.48. The van der Waals surface area contributed by atoms with Crippen molar-refractivity contribution in [2.75, 3.05) is 18.5 Å². The molecule has 0 saturated heterocycles. The van der Waals surface area contributed by atoms with Gasteiger partial charge in [0.2, 0.25) is 0 Å². The molecule has 1 aliphatic rings. The number of carbonyl (C=O) groups is 3. The number of halogens is 1. The van der Waals surface area contributed by atoms with Crippen LogP contribution in [0.3, 0.4) is 0 Å². The van der Waals surface area contributed by atoms with Gasteiger partial charge in [-0.1, -0.05) is 6.92 Å². The minimum absolute atomic E-state index is 0.145. The zero-order valence-corrected chi connectivity index (χ0v) is 17.1. The van der Waals surface area contributed by atoms with Crippen LogP contribution < -0.4 is 5.32 Å². The Balaban J connectivity index is 1.70. The van der Waals surface area contributed by atoms with Crippen LogP contribution in [0.15, 0.2) is 24.3 Å². The molecule has 6 nitrogen and oxygen atoms in total. The van der Waals surface area contributed by atoms with E-state index in [1.165, 1.54) is 23.5 Å². The van der Waals surface area contributed by atoms with E-state index in [9.17, 15) is 18.8 Å². The number of carbonyl (C=O) groups excluding carboxylic acids is 3. The van der Waals surface area contributed by atoms with Crippen molar-refractivity contribution in [1.29, 1.82) is 0 Å². The van der Waals surface area contributed by atoms with Gasteiger partial charge in [0.1, 0.15) is 10.8 Å². The maximum atomic E-state index is 12.9. The number of benzene rings is 1. The Morgan fingerprint density at radius 1 is 1.17 bits per heavy atom. The van der Waals surface area contributed by atoms with Gasteiger partial charge in [-0.3, -0.25) is 4.79 Å². The lowest BCUT2D eigenvalue weighted by Crippen LogP contribution is -2.22. The number of fused-ring (bicyclic) bond motifs is 1. The Morgan fingerprint density at radius 2 is 1.90 bits per heavy atom. The molecule has 0 aliphatic heterocycles. The number of hydrogen-bond donors (Lipinski definition) is 1. The van der Waals surface area contributed by atoms with Crippen LogP contribution in [0.1, 0.15) is 51.4 Å². The van der Waals surface area contributed by atoms with E-state index in [-0.39, 0.29) is 12.2 Å². The first-order valence-electron chi connectivity index (χ1n) is 9.43. The van der Waals surface area contributed by atoms with Crippen LogP contribution >= 0.6 is 11.3 Å². The van der Waals surface area contributed by atoms with Gasteiger partial charge in [-0.15, -0.1) is 11.3 Å². The fraction of sp³-hybridized carbons (Fsp3) is 0.381. The van der Waals surface area contributed by atoms with Crippen molar-refractivity contribution in [3.63, 3.8) is 0 Å². The third-order valence-corrected chi connectivity index (χ3v) is 5.83. The van der Waals surface area contributed by atoms with Crippen LogP contribution in [-0.2, 0) is 27.1 Å². The van der Waals surface area contributed by atoms with E-state index in [2.05, 4.69) is 12.2 Å². The van der Waals surface area contributed by atoms with Crippen LogP contribution in [0.5, 0.6) is 0 Å². The fourth-order valence-corrected chi connectivity index (χ4v) is 4.64. The average Bonchev–Trinajstić information content (AvgIpc) is 3.03. The first kappa shape index (κ1) is 21.0. The zero-order valence-electron chi connectivity index (χ0n) is 16.2. The average molecular weight is 419 g/mol. The van der Waals surface area contributed by atoms with Crippen molar-refractivity contribution in [1.82, 2.24) is 0 Å². The number of esters is 2. The summed E-state index contributed by atoms with van der Waals surface area (Å²) >= 11 is 1.37. The van der Waals surface area contributed by atoms with Crippen molar-refractivity contribution in [3.05, 3.63) is 51.7 Å². The number of rotatable bonds is 6. The molecule has 0 radical (unpaired) electrons. The largest absolute Gasteiger partial charge is 0.462 e. The van der Waals surface area contributed by atoms with Crippen molar-refractivity contribution in [3.8, 4) is 0 Å². The smallest absolute Gasteiger partial charge is 0.341 e. The third kappa shape index (κ3) is 5.00. The molecule has 1 N–H and O–H groups in total. The molecular formula is C21H22FNO5S. The van der Waals surface area contributed by atoms with E-state index in [1.54, 1.807) is 6.92 Å². The van der Waals surface area contributed by atoms with Gasteiger partial charge in [0.05, 0.1) is 17.7 Å². The first-order valence-corrected chi connectivity index (χ1v) is 10.2. The summed E-state index contributed by atoms with van der Waals surface area (Å²) in [6, 6.07) is 4.84. The number of nitrogens with one attached hydrogen (secondary N) is 1. The van der Waals surface area contributed by atoms with Crippen molar-refractivity contribution >= 4 is 34.2 Å². The Kier molecular flexibility index (Phi) is 6.64. The van der Waals surface area contributed by atoms with E-state index < -0.39 is 30.3 Å². The maximum absolute atomic E-state index is 12.9. The molecule has 1 aliphatic carbocycles. The molecule has 3 rings (SSSR count). The molecule has 29 heavy (non-hydrogen) atoms. The number of hydrogen-bond acceptors (Lipinski definition) is 6. The second-order valence-corrected chi connectivity index (χ2v) is 8.01. The van der Waals surface area contributed by atoms with E-state index in [4.69, 9.17) is 9.47 Å². The van der Waals surface area contributed by atoms with Crippen LogP contribution in [0.4, 0.5) is 9.39 Å². The number of ether oxygens (including phenoxy) is 2. The molecule has 1 aromatic heterocycles. The number of amides is 1. The maximum Gasteiger partial charge on any atom is 0.341 e. The topological polar surface area (TPSA) is 81.7 Å². The van der Waals surface area contributed by atoms with Crippen LogP contribution in [0.25, 0.3) is 0 Å². The van der Waals surface area contributed by atoms with Gasteiger partial charge in [-0.2, -0.15) is 0 Å². The minimum atomic E-state index is -0.731. The van der Waals surface area contributed by atoms with Gasteiger partial charge in [0, 0.05) is 4.88 Å². The number of thiophene rings is 1. The Bertz CT molecular complexity index is 922. The Hall–Kier alpha value is -2.74.